The Morgan fingerprint density at radius 2 is 1.71 bits per heavy atom. The molecule has 0 spiro atoms. The number of rotatable bonds is 7. The molecule has 1 aromatic carbocycles. The van der Waals surface area contributed by atoms with Crippen LogP contribution in [0.25, 0.3) is 0 Å². The van der Waals surface area contributed by atoms with E-state index in [0.29, 0.717) is 25.0 Å². The molecule has 4 nitrogen and oxygen atoms in total. The first-order valence-corrected chi connectivity index (χ1v) is 8.04. The molecule has 0 aliphatic rings. The third kappa shape index (κ3) is 4.18. The summed E-state index contributed by atoms with van der Waals surface area (Å²) in [6, 6.07) is 1.17. The van der Waals surface area contributed by atoms with Crippen LogP contribution in [0.1, 0.15) is 26.7 Å². The molecule has 0 bridgehead atoms. The summed E-state index contributed by atoms with van der Waals surface area (Å²) in [6.45, 7) is 3.37. The minimum Gasteiger partial charge on any atom is -0.391 e. The fraction of sp³-hybridized carbons (Fsp3) is 0.538. The van der Waals surface area contributed by atoms with E-state index < -0.39 is 38.5 Å². The van der Waals surface area contributed by atoms with E-state index in [1.54, 1.807) is 0 Å². The van der Waals surface area contributed by atoms with Crippen molar-refractivity contribution in [2.45, 2.75) is 37.7 Å². The Kier molecular flexibility index (Phi) is 6.18. The van der Waals surface area contributed by atoms with Crippen molar-refractivity contribution < 1.29 is 26.7 Å². The highest BCUT2D eigenvalue weighted by molar-refractivity contribution is 7.89. The lowest BCUT2D eigenvalue weighted by Gasteiger charge is -2.20. The number of benzene rings is 1. The Bertz CT molecular complexity index is 589. The highest BCUT2D eigenvalue weighted by atomic mass is 32.2. The van der Waals surface area contributed by atoms with E-state index in [4.69, 9.17) is 0 Å². The molecule has 8 heteroatoms. The number of nitrogens with one attached hydrogen (secondary N) is 1. The molecule has 0 saturated carbocycles. The number of hydrogen-bond acceptors (Lipinski definition) is 3. The van der Waals surface area contributed by atoms with Gasteiger partial charge in [-0.05, 0) is 18.1 Å². The van der Waals surface area contributed by atoms with Gasteiger partial charge in [0.25, 0.3) is 0 Å². The van der Waals surface area contributed by atoms with Gasteiger partial charge in [-0.1, -0.05) is 26.7 Å². The highest BCUT2D eigenvalue weighted by Gasteiger charge is 2.25. The average molecular weight is 325 g/mol. The van der Waals surface area contributed by atoms with Crippen LogP contribution in [-0.4, -0.2) is 26.2 Å². The van der Waals surface area contributed by atoms with Crippen LogP contribution in [-0.2, 0) is 10.0 Å². The minimum absolute atomic E-state index is 0.109. The van der Waals surface area contributed by atoms with Gasteiger partial charge in [-0.25, -0.2) is 26.3 Å². The molecule has 21 heavy (non-hydrogen) atoms. The largest absolute Gasteiger partial charge is 0.391 e. The topological polar surface area (TPSA) is 66.4 Å². The summed E-state index contributed by atoms with van der Waals surface area (Å²) < 4.78 is 65.1. The van der Waals surface area contributed by atoms with E-state index in [-0.39, 0.29) is 12.5 Å². The standard InChI is InChI=1S/C13H18F3NO3S/c1-3-8(4-2)10(18)7-17-21(19,20)11-6-5-9(14)12(15)13(11)16/h5-6,8,10,17-18H,3-4,7H2,1-2H3. The Morgan fingerprint density at radius 1 is 1.14 bits per heavy atom. The quantitative estimate of drug-likeness (QED) is 0.755. The first kappa shape index (κ1) is 17.9. The van der Waals surface area contributed by atoms with Crippen LogP contribution < -0.4 is 4.72 Å². The molecule has 0 heterocycles. The number of sulfonamides is 1. The molecule has 0 saturated heterocycles. The molecule has 2 N–H and O–H groups in total. The summed E-state index contributed by atoms with van der Waals surface area (Å²) in [4.78, 5) is -0.988. The lowest BCUT2D eigenvalue weighted by Crippen LogP contribution is -2.36. The number of aliphatic hydroxyl groups excluding tert-OH is 1. The van der Waals surface area contributed by atoms with Crippen LogP contribution in [0.4, 0.5) is 13.2 Å². The van der Waals surface area contributed by atoms with E-state index in [1.165, 1.54) is 0 Å². The van der Waals surface area contributed by atoms with Crippen molar-refractivity contribution in [2.24, 2.45) is 5.92 Å². The second-order valence-corrected chi connectivity index (χ2v) is 6.40. The number of aliphatic hydroxyl groups is 1. The van der Waals surface area contributed by atoms with E-state index >= 15 is 0 Å². The Balaban J connectivity index is 2.91. The van der Waals surface area contributed by atoms with Crippen LogP contribution >= 0.6 is 0 Å². The van der Waals surface area contributed by atoms with Crippen molar-refractivity contribution in [3.63, 3.8) is 0 Å². The zero-order valence-corrected chi connectivity index (χ0v) is 12.6. The molecule has 1 unspecified atom stereocenters. The van der Waals surface area contributed by atoms with Crippen molar-refractivity contribution in [1.82, 2.24) is 4.72 Å². The maximum Gasteiger partial charge on any atom is 0.243 e. The van der Waals surface area contributed by atoms with Gasteiger partial charge < -0.3 is 5.11 Å². The van der Waals surface area contributed by atoms with E-state index in [2.05, 4.69) is 0 Å². The maximum atomic E-state index is 13.5. The van der Waals surface area contributed by atoms with E-state index in [1.807, 2.05) is 18.6 Å². The van der Waals surface area contributed by atoms with Crippen LogP contribution in [0, 0.1) is 23.4 Å². The van der Waals surface area contributed by atoms with Crippen LogP contribution in [0.5, 0.6) is 0 Å². The third-order valence-electron chi connectivity index (χ3n) is 3.36. The molecule has 0 amide bonds. The number of hydrogen-bond donors (Lipinski definition) is 2. The van der Waals surface area contributed by atoms with Gasteiger partial charge in [-0.3, -0.25) is 0 Å². The molecular formula is C13H18F3NO3S. The Morgan fingerprint density at radius 3 is 2.24 bits per heavy atom. The van der Waals surface area contributed by atoms with Gasteiger partial charge in [0.05, 0.1) is 6.10 Å². The van der Waals surface area contributed by atoms with Gasteiger partial charge in [-0.2, -0.15) is 0 Å². The van der Waals surface area contributed by atoms with Crippen molar-refractivity contribution >= 4 is 10.0 Å². The van der Waals surface area contributed by atoms with Crippen molar-refractivity contribution in [1.29, 1.82) is 0 Å². The van der Waals surface area contributed by atoms with Crippen LogP contribution in [0.3, 0.4) is 0 Å². The number of halogens is 3. The molecule has 0 aliphatic carbocycles. The van der Waals surface area contributed by atoms with Crippen molar-refractivity contribution in [3.8, 4) is 0 Å². The normalized spacial score (nSPS) is 13.7. The average Bonchev–Trinajstić information content (AvgIpc) is 2.44. The van der Waals surface area contributed by atoms with Crippen molar-refractivity contribution in [2.75, 3.05) is 6.54 Å². The van der Waals surface area contributed by atoms with Gasteiger partial charge >= 0.3 is 0 Å². The summed E-state index contributed by atoms with van der Waals surface area (Å²) in [5.41, 5.74) is 0. The lowest BCUT2D eigenvalue weighted by atomic mass is 9.97. The van der Waals surface area contributed by atoms with Gasteiger partial charge in [0.2, 0.25) is 10.0 Å². The summed E-state index contributed by atoms with van der Waals surface area (Å²) in [6.07, 6.45) is 0.362. The fourth-order valence-corrected chi connectivity index (χ4v) is 3.11. The second-order valence-electron chi connectivity index (χ2n) is 4.67. The molecule has 120 valence electrons. The van der Waals surface area contributed by atoms with E-state index in [0.717, 1.165) is 0 Å². The third-order valence-corrected chi connectivity index (χ3v) is 4.81. The van der Waals surface area contributed by atoms with Gasteiger partial charge in [0.1, 0.15) is 4.90 Å². The Hall–Kier alpha value is -1.12. The molecule has 1 atom stereocenters. The zero-order chi connectivity index (χ0) is 16.2. The molecule has 0 aromatic heterocycles. The van der Waals surface area contributed by atoms with Gasteiger partial charge in [-0.15, -0.1) is 0 Å². The molecule has 1 aromatic rings. The summed E-state index contributed by atoms with van der Waals surface area (Å²) in [5, 5.41) is 9.83. The maximum absolute atomic E-state index is 13.5. The molecule has 1 rings (SSSR count). The van der Waals surface area contributed by atoms with E-state index in [9.17, 15) is 26.7 Å². The van der Waals surface area contributed by atoms with Crippen molar-refractivity contribution in [3.05, 3.63) is 29.6 Å². The Labute approximate surface area is 122 Å². The molecule has 0 fully saturated rings. The monoisotopic (exact) mass is 325 g/mol. The molecular weight excluding hydrogens is 307 g/mol. The van der Waals surface area contributed by atoms with Gasteiger partial charge in [0.15, 0.2) is 17.5 Å². The first-order valence-electron chi connectivity index (χ1n) is 6.55. The van der Waals surface area contributed by atoms with Crippen LogP contribution in [0.2, 0.25) is 0 Å². The minimum atomic E-state index is -4.37. The molecule has 0 radical (unpaired) electrons. The second kappa shape index (κ2) is 7.24. The van der Waals surface area contributed by atoms with Gasteiger partial charge in [0, 0.05) is 6.54 Å². The highest BCUT2D eigenvalue weighted by Crippen LogP contribution is 2.20. The summed E-state index contributed by atoms with van der Waals surface area (Å²) in [7, 11) is -4.37. The smallest absolute Gasteiger partial charge is 0.243 e. The first-order chi connectivity index (χ1) is 9.74. The zero-order valence-electron chi connectivity index (χ0n) is 11.7. The SMILES string of the molecule is CCC(CC)C(O)CNS(=O)(=O)c1ccc(F)c(F)c1F. The predicted molar refractivity (Wildman–Crippen MR) is 71.6 cm³/mol. The molecule has 0 aliphatic heterocycles. The van der Waals surface area contributed by atoms with Crippen LogP contribution in [0.15, 0.2) is 17.0 Å². The lowest BCUT2D eigenvalue weighted by molar-refractivity contribution is 0.107. The fourth-order valence-electron chi connectivity index (χ4n) is 1.99. The summed E-state index contributed by atoms with van der Waals surface area (Å²) in [5.74, 6) is -5.20. The predicted octanol–water partition coefficient (Wildman–Crippen LogP) is 2.18. The summed E-state index contributed by atoms with van der Waals surface area (Å²) >= 11 is 0.